The van der Waals surface area contributed by atoms with E-state index >= 15 is 0 Å². The van der Waals surface area contributed by atoms with E-state index in [1.54, 1.807) is 0 Å². The van der Waals surface area contributed by atoms with Crippen molar-refractivity contribution >= 4 is 40.7 Å². The Bertz CT molecular complexity index is 977. The first-order chi connectivity index (χ1) is 12.4. The molecule has 0 bridgehead atoms. The Hall–Kier alpha value is -2.91. The number of oxazole rings is 1. The molecule has 0 fully saturated rings. The minimum absolute atomic E-state index is 0.0104. The van der Waals surface area contributed by atoms with Crippen LogP contribution in [0.3, 0.4) is 0 Å². The summed E-state index contributed by atoms with van der Waals surface area (Å²) >= 11 is 11.7. The van der Waals surface area contributed by atoms with Crippen molar-refractivity contribution in [3.8, 4) is 11.5 Å². The van der Waals surface area contributed by atoms with Crippen LogP contribution >= 0.6 is 23.2 Å². The number of halogens is 2. The number of nitrogens with one attached hydrogen (secondary N) is 1. The SMILES string of the molecule is CCn1cc(NC(=O)c2coc(-c3cc(Cl)nc(Cl)c3)n2)c(C(N)=O)n1. The summed E-state index contributed by atoms with van der Waals surface area (Å²) in [6.45, 7) is 2.34. The third-order valence-electron chi connectivity index (χ3n) is 3.31. The van der Waals surface area contributed by atoms with Crippen molar-refractivity contribution in [2.24, 2.45) is 5.73 Å². The number of rotatable bonds is 5. The van der Waals surface area contributed by atoms with Crippen LogP contribution in [0.25, 0.3) is 11.5 Å². The fraction of sp³-hybridized carbons (Fsp3) is 0.133. The molecule has 0 atom stereocenters. The highest BCUT2D eigenvalue weighted by molar-refractivity contribution is 6.32. The lowest BCUT2D eigenvalue weighted by atomic mass is 10.3. The van der Waals surface area contributed by atoms with E-state index in [0.717, 1.165) is 0 Å². The monoisotopic (exact) mass is 394 g/mol. The first kappa shape index (κ1) is 17.9. The molecule has 0 radical (unpaired) electrons. The van der Waals surface area contributed by atoms with Gasteiger partial charge in [0.25, 0.3) is 11.8 Å². The van der Waals surface area contributed by atoms with Crippen molar-refractivity contribution < 1.29 is 14.0 Å². The molecule has 11 heteroatoms. The highest BCUT2D eigenvalue weighted by atomic mass is 35.5. The second-order valence-electron chi connectivity index (χ2n) is 5.10. The Morgan fingerprint density at radius 2 is 1.96 bits per heavy atom. The number of carbonyl (C=O) groups is 2. The van der Waals surface area contributed by atoms with Gasteiger partial charge in [0.2, 0.25) is 5.89 Å². The van der Waals surface area contributed by atoms with Crippen molar-refractivity contribution in [2.75, 3.05) is 5.32 Å². The number of anilines is 1. The number of pyridine rings is 1. The zero-order chi connectivity index (χ0) is 18.8. The molecule has 0 aliphatic heterocycles. The fourth-order valence-corrected chi connectivity index (χ4v) is 2.60. The minimum Gasteiger partial charge on any atom is -0.444 e. The number of hydrogen-bond acceptors (Lipinski definition) is 6. The van der Waals surface area contributed by atoms with Crippen LogP contribution in [-0.2, 0) is 6.54 Å². The zero-order valence-electron chi connectivity index (χ0n) is 13.4. The van der Waals surface area contributed by atoms with E-state index < -0.39 is 11.8 Å². The highest BCUT2D eigenvalue weighted by Crippen LogP contribution is 2.24. The second kappa shape index (κ2) is 7.14. The number of nitrogens with two attached hydrogens (primary N) is 1. The standard InChI is InChI=1S/C15H12Cl2N6O3/c1-2-23-5-8(12(22-23)13(18)24)19-14(25)9-6-26-15(20-9)7-3-10(16)21-11(17)4-7/h3-6H,2H2,1H3,(H2,18,24)(H,19,25). The molecule has 9 nitrogen and oxygen atoms in total. The molecule has 0 saturated heterocycles. The Labute approximate surface area is 157 Å². The van der Waals surface area contributed by atoms with Crippen LogP contribution in [0.2, 0.25) is 10.3 Å². The van der Waals surface area contributed by atoms with Crippen molar-refractivity contribution in [1.29, 1.82) is 0 Å². The first-order valence-electron chi connectivity index (χ1n) is 7.35. The molecule has 26 heavy (non-hydrogen) atoms. The Kier molecular flexibility index (Phi) is 4.92. The molecule has 134 valence electrons. The van der Waals surface area contributed by atoms with E-state index in [1.807, 2.05) is 6.92 Å². The van der Waals surface area contributed by atoms with E-state index in [-0.39, 0.29) is 33.3 Å². The second-order valence-corrected chi connectivity index (χ2v) is 5.88. The van der Waals surface area contributed by atoms with Gasteiger partial charge in [0, 0.05) is 18.3 Å². The van der Waals surface area contributed by atoms with Crippen molar-refractivity contribution in [3.63, 3.8) is 0 Å². The number of nitrogens with zero attached hydrogens (tertiary/aromatic N) is 4. The molecular formula is C15H12Cl2N6O3. The predicted molar refractivity (Wildman–Crippen MR) is 94.1 cm³/mol. The summed E-state index contributed by atoms with van der Waals surface area (Å²) in [5, 5.41) is 6.86. The molecule has 3 aromatic rings. The fourth-order valence-electron chi connectivity index (χ4n) is 2.14. The number of aromatic nitrogens is 4. The van der Waals surface area contributed by atoms with E-state index in [4.69, 9.17) is 33.4 Å². The average molecular weight is 395 g/mol. The summed E-state index contributed by atoms with van der Waals surface area (Å²) in [5.74, 6) is -1.21. The number of amides is 2. The largest absolute Gasteiger partial charge is 0.444 e. The van der Waals surface area contributed by atoms with Crippen molar-refractivity contribution in [1.82, 2.24) is 19.7 Å². The maximum absolute atomic E-state index is 12.4. The number of hydrogen-bond donors (Lipinski definition) is 2. The van der Waals surface area contributed by atoms with Gasteiger partial charge in [0.15, 0.2) is 11.4 Å². The van der Waals surface area contributed by atoms with Crippen LogP contribution in [0, 0.1) is 0 Å². The van der Waals surface area contributed by atoms with Crippen LogP contribution < -0.4 is 11.1 Å². The zero-order valence-corrected chi connectivity index (χ0v) is 14.9. The van der Waals surface area contributed by atoms with E-state index in [1.165, 1.54) is 29.3 Å². The molecule has 0 spiro atoms. The highest BCUT2D eigenvalue weighted by Gasteiger charge is 2.19. The van der Waals surface area contributed by atoms with Crippen LogP contribution in [0.4, 0.5) is 5.69 Å². The van der Waals surface area contributed by atoms with E-state index in [2.05, 4.69) is 20.4 Å². The van der Waals surface area contributed by atoms with Gasteiger partial charge >= 0.3 is 0 Å². The van der Waals surface area contributed by atoms with Gasteiger partial charge in [0.1, 0.15) is 16.6 Å². The molecule has 3 rings (SSSR count). The molecule has 3 heterocycles. The predicted octanol–water partition coefficient (Wildman–Crippen LogP) is 2.61. The van der Waals surface area contributed by atoms with Crippen molar-refractivity contribution in [2.45, 2.75) is 13.5 Å². The van der Waals surface area contributed by atoms with Gasteiger partial charge in [-0.05, 0) is 19.1 Å². The molecule has 0 aliphatic rings. The molecule has 3 aromatic heterocycles. The third-order valence-corrected chi connectivity index (χ3v) is 3.70. The van der Waals surface area contributed by atoms with Crippen LogP contribution in [0.1, 0.15) is 27.9 Å². The number of aryl methyl sites for hydroxylation is 1. The smallest absolute Gasteiger partial charge is 0.277 e. The Morgan fingerprint density at radius 1 is 1.27 bits per heavy atom. The maximum atomic E-state index is 12.4. The molecule has 2 amide bonds. The summed E-state index contributed by atoms with van der Waals surface area (Å²) in [7, 11) is 0. The molecule has 0 unspecified atom stereocenters. The lowest BCUT2D eigenvalue weighted by molar-refractivity contribution is 0.0995. The van der Waals surface area contributed by atoms with E-state index in [9.17, 15) is 9.59 Å². The Balaban J connectivity index is 1.85. The van der Waals surface area contributed by atoms with Gasteiger partial charge in [-0.3, -0.25) is 14.3 Å². The summed E-state index contributed by atoms with van der Waals surface area (Å²) in [6.07, 6.45) is 2.67. The minimum atomic E-state index is -0.755. The lowest BCUT2D eigenvalue weighted by Gasteiger charge is -2.00. The molecule has 0 aliphatic carbocycles. The van der Waals surface area contributed by atoms with Gasteiger partial charge in [-0.2, -0.15) is 5.10 Å². The summed E-state index contributed by atoms with van der Waals surface area (Å²) in [4.78, 5) is 31.7. The van der Waals surface area contributed by atoms with Gasteiger partial charge in [-0.1, -0.05) is 23.2 Å². The molecule has 0 aromatic carbocycles. The van der Waals surface area contributed by atoms with Crippen LogP contribution in [0.15, 0.2) is 29.0 Å². The van der Waals surface area contributed by atoms with Crippen molar-refractivity contribution in [3.05, 3.63) is 46.3 Å². The summed E-state index contributed by atoms with van der Waals surface area (Å²) in [6, 6.07) is 2.99. The topological polar surface area (TPSA) is 129 Å². The number of carbonyl (C=O) groups excluding carboxylic acids is 2. The quantitative estimate of drug-likeness (QED) is 0.639. The molecule has 0 saturated carbocycles. The van der Waals surface area contributed by atoms with Gasteiger partial charge in [0.05, 0.1) is 5.69 Å². The van der Waals surface area contributed by atoms with E-state index in [0.29, 0.717) is 12.1 Å². The van der Waals surface area contributed by atoms with Gasteiger partial charge in [-0.25, -0.2) is 9.97 Å². The Morgan fingerprint density at radius 3 is 2.58 bits per heavy atom. The maximum Gasteiger partial charge on any atom is 0.277 e. The first-order valence-corrected chi connectivity index (χ1v) is 8.10. The van der Waals surface area contributed by atoms with Crippen LogP contribution in [-0.4, -0.2) is 31.6 Å². The molecule has 3 N–H and O–H groups in total. The normalized spacial score (nSPS) is 10.7. The summed E-state index contributed by atoms with van der Waals surface area (Å²) in [5.41, 5.74) is 5.87. The van der Waals surface area contributed by atoms with Crippen LogP contribution in [0.5, 0.6) is 0 Å². The van der Waals surface area contributed by atoms with Gasteiger partial charge in [-0.15, -0.1) is 0 Å². The van der Waals surface area contributed by atoms with Gasteiger partial charge < -0.3 is 15.5 Å². The third kappa shape index (κ3) is 3.68. The average Bonchev–Trinajstić information content (AvgIpc) is 3.20. The lowest BCUT2D eigenvalue weighted by Crippen LogP contribution is -2.18. The summed E-state index contributed by atoms with van der Waals surface area (Å²) < 4.78 is 6.77. The number of primary amides is 1. The molecular weight excluding hydrogens is 383 g/mol.